The Bertz CT molecular complexity index is 501. The van der Waals surface area contributed by atoms with E-state index in [1.54, 1.807) is 0 Å². The molecule has 1 aromatic heterocycles. The Balaban J connectivity index is 0.00000162. The van der Waals surface area contributed by atoms with Gasteiger partial charge < -0.3 is 12.4 Å². The van der Waals surface area contributed by atoms with Crippen LogP contribution in [0.2, 0.25) is 0 Å². The second-order valence-electron chi connectivity index (χ2n) is 5.08. The zero-order valence-corrected chi connectivity index (χ0v) is 12.2. The fraction of sp³-hybridized carbons (Fsp3) is 0.400. The molecule has 3 heteroatoms. The summed E-state index contributed by atoms with van der Waals surface area (Å²) in [5.74, 6) is 2.27. The molecule has 0 fully saturated rings. The first-order valence-corrected chi connectivity index (χ1v) is 6.29. The van der Waals surface area contributed by atoms with Gasteiger partial charge in [0.25, 0.3) is 5.82 Å². The lowest BCUT2D eigenvalue weighted by molar-refractivity contribution is -0.604. The maximum Gasteiger partial charge on any atom is 0.261 e. The van der Waals surface area contributed by atoms with Crippen LogP contribution in [0.5, 0.6) is 0 Å². The molecule has 2 nitrogen and oxygen atoms in total. The number of rotatable bonds is 3. The van der Waals surface area contributed by atoms with Gasteiger partial charge in [0, 0.05) is 5.56 Å². The summed E-state index contributed by atoms with van der Waals surface area (Å²) in [4.78, 5) is 3.33. The quantitative estimate of drug-likeness (QED) is 0.781. The molecule has 0 unspecified atom stereocenters. The number of nitrogens with one attached hydrogen (secondary N) is 1. The third-order valence-electron chi connectivity index (χ3n) is 3.08. The Morgan fingerprint density at radius 2 is 1.67 bits per heavy atom. The minimum atomic E-state index is 0. The van der Waals surface area contributed by atoms with E-state index in [2.05, 4.69) is 67.7 Å². The molecule has 0 aliphatic heterocycles. The van der Waals surface area contributed by atoms with Crippen molar-refractivity contribution in [2.45, 2.75) is 39.5 Å². The van der Waals surface area contributed by atoms with Gasteiger partial charge in [-0.05, 0) is 12.0 Å². The van der Waals surface area contributed by atoms with Gasteiger partial charge in [-0.2, -0.15) is 4.57 Å². The van der Waals surface area contributed by atoms with Crippen molar-refractivity contribution in [1.29, 1.82) is 0 Å². The van der Waals surface area contributed by atoms with E-state index in [-0.39, 0.29) is 12.4 Å². The number of hydrogen-bond acceptors (Lipinski definition) is 0. The topological polar surface area (TPSA) is 19.7 Å². The smallest absolute Gasteiger partial charge is 0.261 e. The van der Waals surface area contributed by atoms with Crippen LogP contribution in [-0.4, -0.2) is 4.98 Å². The summed E-state index contributed by atoms with van der Waals surface area (Å²) in [6.45, 7) is 8.89. The second kappa shape index (κ2) is 6.05. The highest BCUT2D eigenvalue weighted by Gasteiger charge is 2.19. The zero-order valence-electron chi connectivity index (χ0n) is 11.4. The molecule has 0 radical (unpaired) electrons. The Kier molecular flexibility index (Phi) is 4.97. The van der Waals surface area contributed by atoms with Gasteiger partial charge in [0.15, 0.2) is 0 Å². The van der Waals surface area contributed by atoms with Gasteiger partial charge in [0.1, 0.15) is 18.1 Å². The molecule has 0 spiro atoms. The zero-order chi connectivity index (χ0) is 12.4. The van der Waals surface area contributed by atoms with Crippen LogP contribution >= 0.6 is 0 Å². The number of aromatic amines is 1. The maximum absolute atomic E-state index is 3.33. The summed E-state index contributed by atoms with van der Waals surface area (Å²) in [6, 6.07) is 8.62. The van der Waals surface area contributed by atoms with Crippen molar-refractivity contribution in [3.8, 4) is 5.69 Å². The summed E-state index contributed by atoms with van der Waals surface area (Å²) in [5, 5.41) is 0. The Morgan fingerprint density at radius 1 is 1.00 bits per heavy atom. The van der Waals surface area contributed by atoms with Crippen molar-refractivity contribution in [2.75, 3.05) is 0 Å². The van der Waals surface area contributed by atoms with Gasteiger partial charge in [-0.15, -0.1) is 0 Å². The molecular weight excluding hydrogens is 244 g/mol. The summed E-state index contributed by atoms with van der Waals surface area (Å²) in [7, 11) is 0. The molecule has 2 rings (SSSR count). The summed E-state index contributed by atoms with van der Waals surface area (Å²) in [6.07, 6.45) is 4.11. The van der Waals surface area contributed by atoms with Crippen LogP contribution in [0.3, 0.4) is 0 Å². The van der Waals surface area contributed by atoms with Crippen LogP contribution in [-0.2, 0) is 0 Å². The fourth-order valence-electron chi connectivity index (χ4n) is 2.20. The van der Waals surface area contributed by atoms with Crippen molar-refractivity contribution in [3.63, 3.8) is 0 Å². The number of nitrogens with zero attached hydrogens (tertiary/aromatic N) is 1. The Labute approximate surface area is 115 Å². The highest BCUT2D eigenvalue weighted by atomic mass is 35.5. The molecule has 0 aliphatic rings. The van der Waals surface area contributed by atoms with Gasteiger partial charge in [0.2, 0.25) is 0 Å². The lowest BCUT2D eigenvalue weighted by Gasteiger charge is -2.11. The Morgan fingerprint density at radius 3 is 2.28 bits per heavy atom. The largest absolute Gasteiger partial charge is 1.00 e. The molecule has 0 saturated heterocycles. The third-order valence-corrected chi connectivity index (χ3v) is 3.08. The minimum absolute atomic E-state index is 0. The van der Waals surface area contributed by atoms with Gasteiger partial charge >= 0.3 is 0 Å². The van der Waals surface area contributed by atoms with Gasteiger partial charge in [-0.3, -0.25) is 0 Å². The van der Waals surface area contributed by atoms with E-state index in [1.165, 1.54) is 17.1 Å². The Hall–Kier alpha value is -1.28. The lowest BCUT2D eigenvalue weighted by atomic mass is 10.0. The molecule has 18 heavy (non-hydrogen) atoms. The number of hydrogen-bond donors (Lipinski definition) is 1. The van der Waals surface area contributed by atoms with Crippen LogP contribution < -0.4 is 17.0 Å². The summed E-state index contributed by atoms with van der Waals surface area (Å²) >= 11 is 0. The highest BCUT2D eigenvalue weighted by molar-refractivity contribution is 5.36. The normalized spacial score (nSPS) is 10.8. The molecule has 98 valence electrons. The predicted octanol–water partition coefficient (Wildman–Crippen LogP) is 0.542. The predicted molar refractivity (Wildman–Crippen MR) is 70.5 cm³/mol. The molecule has 0 aliphatic carbocycles. The van der Waals surface area contributed by atoms with Crippen LogP contribution in [0.15, 0.2) is 36.7 Å². The second-order valence-corrected chi connectivity index (χ2v) is 5.08. The van der Waals surface area contributed by atoms with E-state index < -0.39 is 0 Å². The minimum Gasteiger partial charge on any atom is -1.00 e. The first-order chi connectivity index (χ1) is 8.11. The first kappa shape index (κ1) is 14.8. The van der Waals surface area contributed by atoms with E-state index in [9.17, 15) is 0 Å². The number of benzene rings is 1. The van der Waals surface area contributed by atoms with Crippen molar-refractivity contribution >= 4 is 0 Å². The number of H-pyrrole nitrogens is 1. The van der Waals surface area contributed by atoms with Gasteiger partial charge in [0.05, 0.1) is 5.92 Å². The highest BCUT2D eigenvalue weighted by Crippen LogP contribution is 2.20. The number of imidazole rings is 1. The monoisotopic (exact) mass is 264 g/mol. The molecule has 0 atom stereocenters. The number of para-hydroxylation sites is 1. The molecule has 2 aromatic rings. The van der Waals surface area contributed by atoms with E-state index in [0.717, 1.165) is 0 Å². The van der Waals surface area contributed by atoms with Crippen molar-refractivity contribution < 1.29 is 17.0 Å². The van der Waals surface area contributed by atoms with Crippen LogP contribution in [0.4, 0.5) is 0 Å². The summed E-state index contributed by atoms with van der Waals surface area (Å²) < 4.78 is 2.26. The van der Waals surface area contributed by atoms with E-state index in [0.29, 0.717) is 11.8 Å². The van der Waals surface area contributed by atoms with Crippen molar-refractivity contribution in [1.82, 2.24) is 4.98 Å². The molecular formula is C15H21ClN2. The number of halogens is 1. The molecule has 1 heterocycles. The fourth-order valence-corrected chi connectivity index (χ4v) is 2.20. The molecule has 0 saturated carbocycles. The summed E-state index contributed by atoms with van der Waals surface area (Å²) in [5.41, 5.74) is 2.67. The first-order valence-electron chi connectivity index (χ1n) is 6.29. The molecule has 1 N–H and O–H groups in total. The molecule has 0 bridgehead atoms. The standard InChI is InChI=1S/C15H20N2.ClH/c1-11(2)13-7-5-6-8-14(13)17-10-9-16-15(17)12(3)4;/h5-12H,1-4H3;1H. The number of aromatic nitrogens is 2. The van der Waals surface area contributed by atoms with E-state index >= 15 is 0 Å². The lowest BCUT2D eigenvalue weighted by Crippen LogP contribution is -3.00. The van der Waals surface area contributed by atoms with Crippen LogP contribution in [0.1, 0.15) is 50.9 Å². The van der Waals surface area contributed by atoms with E-state index in [4.69, 9.17) is 0 Å². The van der Waals surface area contributed by atoms with Crippen LogP contribution in [0, 0.1) is 0 Å². The van der Waals surface area contributed by atoms with Crippen molar-refractivity contribution in [3.05, 3.63) is 48.0 Å². The average Bonchev–Trinajstić information content (AvgIpc) is 2.77. The SMILES string of the molecule is CC(C)c1ccccc1-[n+]1cc[nH]c1C(C)C.[Cl-]. The molecule has 1 aromatic carbocycles. The van der Waals surface area contributed by atoms with Gasteiger partial charge in [-0.25, -0.2) is 4.98 Å². The maximum atomic E-state index is 3.33. The molecule has 0 amide bonds. The average molecular weight is 265 g/mol. The van der Waals surface area contributed by atoms with Crippen LogP contribution in [0.25, 0.3) is 5.69 Å². The third kappa shape index (κ3) is 2.75. The van der Waals surface area contributed by atoms with Gasteiger partial charge in [-0.1, -0.05) is 45.9 Å². The van der Waals surface area contributed by atoms with E-state index in [1.807, 2.05) is 6.20 Å². The van der Waals surface area contributed by atoms with Crippen molar-refractivity contribution in [2.24, 2.45) is 0 Å².